The Labute approximate surface area is 111 Å². The predicted molar refractivity (Wildman–Crippen MR) is 70.6 cm³/mol. The summed E-state index contributed by atoms with van der Waals surface area (Å²) in [5.74, 6) is 0.149. The Morgan fingerprint density at radius 3 is 3.22 bits per heavy atom. The van der Waals surface area contributed by atoms with E-state index in [9.17, 15) is 4.79 Å². The van der Waals surface area contributed by atoms with E-state index in [0.29, 0.717) is 13.2 Å². The second-order valence-corrected chi connectivity index (χ2v) is 5.59. The highest BCUT2D eigenvalue weighted by molar-refractivity contribution is 7.07. The first kappa shape index (κ1) is 12.1. The highest BCUT2D eigenvalue weighted by atomic mass is 32.1. The number of carbonyl (C=O) groups excluding carboxylic acids is 1. The van der Waals surface area contributed by atoms with Gasteiger partial charge in [0.25, 0.3) is 5.91 Å². The summed E-state index contributed by atoms with van der Waals surface area (Å²) in [6.45, 7) is 2.98. The van der Waals surface area contributed by atoms with Gasteiger partial charge < -0.3 is 15.0 Å². The third-order valence-corrected chi connectivity index (χ3v) is 4.37. The van der Waals surface area contributed by atoms with E-state index in [1.54, 1.807) is 11.3 Å². The minimum atomic E-state index is -0.294. The molecule has 1 aromatic heterocycles. The maximum absolute atomic E-state index is 12.5. The molecular weight excluding hydrogens is 248 g/mol. The molecule has 0 aliphatic carbocycles. The zero-order valence-corrected chi connectivity index (χ0v) is 11.1. The average molecular weight is 266 g/mol. The molecule has 0 saturated carbocycles. The molecule has 0 aromatic carbocycles. The van der Waals surface area contributed by atoms with Gasteiger partial charge in [0.05, 0.1) is 12.6 Å². The van der Waals surface area contributed by atoms with Crippen LogP contribution in [0.1, 0.15) is 24.4 Å². The molecule has 1 amide bonds. The molecule has 0 spiro atoms. The number of morpholine rings is 1. The quantitative estimate of drug-likeness (QED) is 0.880. The first-order chi connectivity index (χ1) is 8.86. The first-order valence-corrected chi connectivity index (χ1v) is 7.45. The van der Waals surface area contributed by atoms with Crippen molar-refractivity contribution in [1.29, 1.82) is 0 Å². The van der Waals surface area contributed by atoms with Crippen LogP contribution < -0.4 is 5.32 Å². The van der Waals surface area contributed by atoms with Crippen LogP contribution in [0.15, 0.2) is 16.8 Å². The SMILES string of the molecule is O=C(C1CNCCO1)N1CCCC1c1ccsc1. The van der Waals surface area contributed by atoms with Gasteiger partial charge in [-0.15, -0.1) is 0 Å². The normalized spacial score (nSPS) is 28.6. The van der Waals surface area contributed by atoms with Crippen molar-refractivity contribution in [3.8, 4) is 0 Å². The number of rotatable bonds is 2. The van der Waals surface area contributed by atoms with Crippen molar-refractivity contribution in [3.63, 3.8) is 0 Å². The zero-order chi connectivity index (χ0) is 12.4. The number of ether oxygens (including phenoxy) is 1. The molecule has 5 heteroatoms. The molecule has 2 fully saturated rings. The molecule has 2 aliphatic rings. The number of carbonyl (C=O) groups is 1. The maximum atomic E-state index is 12.5. The minimum Gasteiger partial charge on any atom is -0.366 e. The van der Waals surface area contributed by atoms with Gasteiger partial charge in [-0.1, -0.05) is 0 Å². The summed E-state index contributed by atoms with van der Waals surface area (Å²) < 4.78 is 5.57. The molecule has 2 unspecified atom stereocenters. The van der Waals surface area contributed by atoms with Crippen LogP contribution >= 0.6 is 11.3 Å². The Balaban J connectivity index is 1.72. The molecule has 1 aromatic rings. The van der Waals surface area contributed by atoms with Crippen molar-refractivity contribution < 1.29 is 9.53 Å². The van der Waals surface area contributed by atoms with Crippen molar-refractivity contribution in [3.05, 3.63) is 22.4 Å². The predicted octanol–water partition coefficient (Wildman–Crippen LogP) is 1.40. The fourth-order valence-corrected chi connectivity index (χ4v) is 3.46. The van der Waals surface area contributed by atoms with Crippen LogP contribution in [0, 0.1) is 0 Å². The monoisotopic (exact) mass is 266 g/mol. The Morgan fingerprint density at radius 2 is 2.50 bits per heavy atom. The highest BCUT2D eigenvalue weighted by Crippen LogP contribution is 2.33. The van der Waals surface area contributed by atoms with Crippen LogP contribution in [0.25, 0.3) is 0 Å². The minimum absolute atomic E-state index is 0.149. The van der Waals surface area contributed by atoms with Gasteiger partial charge in [-0.05, 0) is 35.2 Å². The summed E-state index contributed by atoms with van der Waals surface area (Å²) in [6.07, 6.45) is 1.87. The van der Waals surface area contributed by atoms with Gasteiger partial charge in [-0.25, -0.2) is 0 Å². The fraction of sp³-hybridized carbons (Fsp3) is 0.615. The number of hydrogen-bond acceptors (Lipinski definition) is 4. The molecule has 3 heterocycles. The molecule has 98 valence electrons. The lowest BCUT2D eigenvalue weighted by atomic mass is 10.1. The van der Waals surface area contributed by atoms with Gasteiger partial charge in [-0.3, -0.25) is 4.79 Å². The molecular formula is C13H18N2O2S. The van der Waals surface area contributed by atoms with Crippen LogP contribution in [-0.2, 0) is 9.53 Å². The molecule has 0 radical (unpaired) electrons. The van der Waals surface area contributed by atoms with Gasteiger partial charge in [0.1, 0.15) is 6.10 Å². The highest BCUT2D eigenvalue weighted by Gasteiger charge is 2.35. The van der Waals surface area contributed by atoms with E-state index in [4.69, 9.17) is 4.74 Å². The Hall–Kier alpha value is -0.910. The van der Waals surface area contributed by atoms with E-state index in [-0.39, 0.29) is 18.1 Å². The molecule has 1 N–H and O–H groups in total. The van der Waals surface area contributed by atoms with E-state index in [2.05, 4.69) is 22.1 Å². The van der Waals surface area contributed by atoms with E-state index < -0.39 is 0 Å². The zero-order valence-electron chi connectivity index (χ0n) is 10.3. The summed E-state index contributed by atoms with van der Waals surface area (Å²) in [4.78, 5) is 14.5. The summed E-state index contributed by atoms with van der Waals surface area (Å²) in [7, 11) is 0. The molecule has 2 saturated heterocycles. The van der Waals surface area contributed by atoms with E-state index >= 15 is 0 Å². The van der Waals surface area contributed by atoms with Crippen molar-refractivity contribution in [1.82, 2.24) is 10.2 Å². The lowest BCUT2D eigenvalue weighted by Gasteiger charge is -2.30. The number of nitrogens with one attached hydrogen (secondary N) is 1. The molecule has 2 atom stereocenters. The van der Waals surface area contributed by atoms with Gasteiger partial charge in [0.15, 0.2) is 0 Å². The Morgan fingerprint density at radius 1 is 1.56 bits per heavy atom. The van der Waals surface area contributed by atoms with Crippen molar-refractivity contribution >= 4 is 17.2 Å². The number of amides is 1. The standard InChI is InChI=1S/C13H18N2O2S/c16-13(12-8-14-4-6-17-12)15-5-1-2-11(15)10-3-7-18-9-10/h3,7,9,11-12,14H,1-2,4-6,8H2. The van der Waals surface area contributed by atoms with Crippen molar-refractivity contribution in [2.45, 2.75) is 25.0 Å². The lowest BCUT2D eigenvalue weighted by Crippen LogP contribution is -2.49. The smallest absolute Gasteiger partial charge is 0.253 e. The second-order valence-electron chi connectivity index (χ2n) is 4.81. The molecule has 2 aliphatic heterocycles. The topological polar surface area (TPSA) is 41.6 Å². The van der Waals surface area contributed by atoms with Gasteiger partial charge in [0.2, 0.25) is 0 Å². The van der Waals surface area contributed by atoms with E-state index in [1.807, 2.05) is 4.90 Å². The number of hydrogen-bond donors (Lipinski definition) is 1. The second kappa shape index (κ2) is 5.38. The average Bonchev–Trinajstić information content (AvgIpc) is 3.09. The number of thiophene rings is 1. The summed E-state index contributed by atoms with van der Waals surface area (Å²) >= 11 is 1.69. The van der Waals surface area contributed by atoms with Gasteiger partial charge in [-0.2, -0.15) is 11.3 Å². The van der Waals surface area contributed by atoms with E-state index in [1.165, 1.54) is 5.56 Å². The third kappa shape index (κ3) is 2.30. The third-order valence-electron chi connectivity index (χ3n) is 3.67. The fourth-order valence-electron chi connectivity index (χ4n) is 2.75. The van der Waals surface area contributed by atoms with Crippen LogP contribution in [0.2, 0.25) is 0 Å². The first-order valence-electron chi connectivity index (χ1n) is 6.51. The van der Waals surface area contributed by atoms with Crippen LogP contribution in [0.4, 0.5) is 0 Å². The number of nitrogens with zero attached hydrogens (tertiary/aromatic N) is 1. The Bertz CT molecular complexity index is 401. The van der Waals surface area contributed by atoms with Crippen LogP contribution in [-0.4, -0.2) is 43.2 Å². The lowest BCUT2D eigenvalue weighted by molar-refractivity contribution is -0.146. The molecule has 0 bridgehead atoms. The Kier molecular flexibility index (Phi) is 3.63. The molecule has 18 heavy (non-hydrogen) atoms. The van der Waals surface area contributed by atoms with Crippen LogP contribution in [0.3, 0.4) is 0 Å². The maximum Gasteiger partial charge on any atom is 0.253 e. The molecule has 4 nitrogen and oxygen atoms in total. The largest absolute Gasteiger partial charge is 0.366 e. The molecule has 3 rings (SSSR count). The van der Waals surface area contributed by atoms with Gasteiger partial charge >= 0.3 is 0 Å². The summed E-state index contributed by atoms with van der Waals surface area (Å²) in [5.41, 5.74) is 1.27. The van der Waals surface area contributed by atoms with Gasteiger partial charge in [0, 0.05) is 19.6 Å². The van der Waals surface area contributed by atoms with E-state index in [0.717, 1.165) is 25.9 Å². The van der Waals surface area contributed by atoms with Crippen molar-refractivity contribution in [2.24, 2.45) is 0 Å². The summed E-state index contributed by atoms with van der Waals surface area (Å²) in [6, 6.07) is 2.38. The number of likely N-dealkylation sites (tertiary alicyclic amines) is 1. The summed E-state index contributed by atoms with van der Waals surface area (Å²) in [5, 5.41) is 7.45. The van der Waals surface area contributed by atoms with Crippen molar-refractivity contribution in [2.75, 3.05) is 26.2 Å². The van der Waals surface area contributed by atoms with Crippen LogP contribution in [0.5, 0.6) is 0 Å².